The van der Waals surface area contributed by atoms with Crippen molar-refractivity contribution >= 4 is 37.5 Å². The molecule has 0 bridgehead atoms. The lowest BCUT2D eigenvalue weighted by Crippen LogP contribution is -2.08. The molecule has 0 radical (unpaired) electrons. The molecule has 1 aromatic carbocycles. The number of halogens is 2. The van der Waals surface area contributed by atoms with Gasteiger partial charge in [0.25, 0.3) is 0 Å². The number of anilines is 1. The molecule has 0 saturated heterocycles. The van der Waals surface area contributed by atoms with E-state index in [1.807, 2.05) is 18.3 Å². The largest absolute Gasteiger partial charge is 0.376 e. The lowest BCUT2D eigenvalue weighted by atomic mass is 10.2. The molecule has 18 heavy (non-hydrogen) atoms. The summed E-state index contributed by atoms with van der Waals surface area (Å²) in [4.78, 5) is 4.50. The van der Waals surface area contributed by atoms with Gasteiger partial charge in [0, 0.05) is 20.8 Å². The summed E-state index contributed by atoms with van der Waals surface area (Å²) in [6, 6.07) is 10.7. The number of rotatable bonds is 2. The minimum absolute atomic E-state index is 0.318. The van der Waals surface area contributed by atoms with E-state index in [1.54, 1.807) is 0 Å². The van der Waals surface area contributed by atoms with Gasteiger partial charge < -0.3 is 5.32 Å². The second kappa shape index (κ2) is 5.02. The number of fused-ring (bicyclic) bond motifs is 1. The Hall–Kier alpha value is -0.870. The molecule has 1 atom stereocenters. The highest BCUT2D eigenvalue weighted by atomic mass is 79.9. The van der Waals surface area contributed by atoms with E-state index in [1.165, 1.54) is 11.3 Å². The fourth-order valence-electron chi connectivity index (χ4n) is 2.35. The third kappa shape index (κ3) is 2.31. The third-order valence-corrected chi connectivity index (χ3v) is 4.37. The normalized spacial score (nSPS) is 17.6. The molecule has 4 heteroatoms. The van der Waals surface area contributed by atoms with E-state index in [2.05, 4.69) is 60.4 Å². The van der Waals surface area contributed by atoms with Crippen molar-refractivity contribution in [3.05, 3.63) is 56.7 Å². The Bertz CT molecular complexity index is 584. The molecule has 0 saturated carbocycles. The molecule has 0 aliphatic heterocycles. The van der Waals surface area contributed by atoms with Crippen LogP contribution in [-0.2, 0) is 6.42 Å². The van der Waals surface area contributed by atoms with Crippen molar-refractivity contribution in [2.45, 2.75) is 18.9 Å². The summed E-state index contributed by atoms with van der Waals surface area (Å²) in [7, 11) is 0. The van der Waals surface area contributed by atoms with Gasteiger partial charge in [-0.2, -0.15) is 0 Å². The summed E-state index contributed by atoms with van der Waals surface area (Å²) in [5, 5.41) is 3.56. The first kappa shape index (κ1) is 12.2. The Morgan fingerprint density at radius 3 is 2.94 bits per heavy atom. The van der Waals surface area contributed by atoms with Gasteiger partial charge in [0.1, 0.15) is 0 Å². The summed E-state index contributed by atoms with van der Waals surface area (Å²) in [5.74, 6) is 0. The SMILES string of the molecule is Brc1ccc(NC2CCc3cccnc32)c(Br)c1. The topological polar surface area (TPSA) is 24.9 Å². The summed E-state index contributed by atoms with van der Waals surface area (Å²) >= 11 is 7.05. The van der Waals surface area contributed by atoms with E-state index in [0.29, 0.717) is 6.04 Å². The zero-order valence-corrected chi connectivity index (χ0v) is 12.8. The number of pyridine rings is 1. The van der Waals surface area contributed by atoms with Crippen molar-refractivity contribution in [1.29, 1.82) is 0 Å². The van der Waals surface area contributed by atoms with Crippen LogP contribution in [0.3, 0.4) is 0 Å². The summed E-state index contributed by atoms with van der Waals surface area (Å²) in [6.07, 6.45) is 4.08. The number of nitrogens with one attached hydrogen (secondary N) is 1. The molecular weight excluding hydrogens is 356 g/mol. The first-order chi connectivity index (χ1) is 8.74. The first-order valence-electron chi connectivity index (χ1n) is 5.89. The molecule has 1 heterocycles. The highest BCUT2D eigenvalue weighted by molar-refractivity contribution is 9.11. The molecule has 1 aliphatic carbocycles. The molecule has 2 aromatic rings. The van der Waals surface area contributed by atoms with Crippen molar-refractivity contribution in [2.24, 2.45) is 0 Å². The highest BCUT2D eigenvalue weighted by Gasteiger charge is 2.23. The Morgan fingerprint density at radius 1 is 1.22 bits per heavy atom. The molecule has 0 amide bonds. The average molecular weight is 368 g/mol. The number of hydrogen-bond donors (Lipinski definition) is 1. The number of nitrogens with zero attached hydrogens (tertiary/aromatic N) is 1. The zero-order valence-electron chi connectivity index (χ0n) is 9.66. The quantitative estimate of drug-likeness (QED) is 0.831. The lowest BCUT2D eigenvalue weighted by molar-refractivity contribution is 0.745. The van der Waals surface area contributed by atoms with Crippen LogP contribution >= 0.6 is 31.9 Å². The number of aryl methyl sites for hydroxylation is 1. The summed E-state index contributed by atoms with van der Waals surface area (Å²) < 4.78 is 2.14. The Labute approximate surface area is 123 Å². The Balaban J connectivity index is 1.86. The van der Waals surface area contributed by atoms with E-state index < -0.39 is 0 Å². The van der Waals surface area contributed by atoms with E-state index >= 15 is 0 Å². The fourth-order valence-corrected chi connectivity index (χ4v) is 3.51. The molecule has 0 spiro atoms. The van der Waals surface area contributed by atoms with E-state index in [4.69, 9.17) is 0 Å². The van der Waals surface area contributed by atoms with Gasteiger partial charge in [0.2, 0.25) is 0 Å². The van der Waals surface area contributed by atoms with Crippen molar-refractivity contribution < 1.29 is 0 Å². The third-order valence-electron chi connectivity index (χ3n) is 3.22. The van der Waals surface area contributed by atoms with Crippen LogP contribution in [0.5, 0.6) is 0 Å². The zero-order chi connectivity index (χ0) is 12.5. The standard InChI is InChI=1S/C14H12Br2N2/c15-10-4-6-12(11(16)8-10)18-13-5-3-9-2-1-7-17-14(9)13/h1-2,4,6-8,13,18H,3,5H2. The van der Waals surface area contributed by atoms with Gasteiger partial charge in [-0.3, -0.25) is 4.98 Å². The van der Waals surface area contributed by atoms with Crippen LogP contribution in [0.15, 0.2) is 45.5 Å². The lowest BCUT2D eigenvalue weighted by Gasteiger charge is -2.16. The minimum Gasteiger partial charge on any atom is -0.376 e. The van der Waals surface area contributed by atoms with Gasteiger partial charge in [0.15, 0.2) is 0 Å². The first-order valence-corrected chi connectivity index (χ1v) is 7.48. The second-order valence-corrected chi connectivity index (χ2v) is 6.18. The Morgan fingerprint density at radius 2 is 2.11 bits per heavy atom. The maximum atomic E-state index is 4.50. The molecule has 92 valence electrons. The maximum absolute atomic E-state index is 4.50. The monoisotopic (exact) mass is 366 g/mol. The maximum Gasteiger partial charge on any atom is 0.0691 e. The van der Waals surface area contributed by atoms with Crippen molar-refractivity contribution in [3.63, 3.8) is 0 Å². The summed E-state index contributed by atoms with van der Waals surface area (Å²) in [6.45, 7) is 0. The van der Waals surface area contributed by atoms with E-state index in [-0.39, 0.29) is 0 Å². The van der Waals surface area contributed by atoms with Gasteiger partial charge in [-0.25, -0.2) is 0 Å². The molecule has 1 aliphatic rings. The minimum atomic E-state index is 0.318. The predicted molar refractivity (Wildman–Crippen MR) is 80.8 cm³/mol. The van der Waals surface area contributed by atoms with Crippen LogP contribution in [0.1, 0.15) is 23.7 Å². The van der Waals surface area contributed by atoms with Crippen LogP contribution in [0.4, 0.5) is 5.69 Å². The molecule has 1 unspecified atom stereocenters. The van der Waals surface area contributed by atoms with E-state index in [0.717, 1.165) is 27.5 Å². The average Bonchev–Trinajstić information content (AvgIpc) is 2.76. The van der Waals surface area contributed by atoms with Crippen LogP contribution in [0.2, 0.25) is 0 Å². The number of benzene rings is 1. The van der Waals surface area contributed by atoms with Gasteiger partial charge in [-0.15, -0.1) is 0 Å². The molecule has 0 fully saturated rings. The smallest absolute Gasteiger partial charge is 0.0691 e. The van der Waals surface area contributed by atoms with Gasteiger partial charge in [-0.1, -0.05) is 22.0 Å². The van der Waals surface area contributed by atoms with Gasteiger partial charge >= 0.3 is 0 Å². The van der Waals surface area contributed by atoms with Crippen molar-refractivity contribution in [3.8, 4) is 0 Å². The second-order valence-electron chi connectivity index (χ2n) is 4.41. The predicted octanol–water partition coefficient (Wildman–Crippen LogP) is 4.71. The molecular formula is C14H12Br2N2. The van der Waals surface area contributed by atoms with Crippen LogP contribution in [0, 0.1) is 0 Å². The van der Waals surface area contributed by atoms with Crippen molar-refractivity contribution in [2.75, 3.05) is 5.32 Å². The van der Waals surface area contributed by atoms with Crippen LogP contribution in [-0.4, -0.2) is 4.98 Å². The molecule has 3 rings (SSSR count). The Kier molecular flexibility index (Phi) is 3.39. The van der Waals surface area contributed by atoms with Crippen LogP contribution < -0.4 is 5.32 Å². The van der Waals surface area contributed by atoms with Crippen LogP contribution in [0.25, 0.3) is 0 Å². The fraction of sp³-hybridized carbons (Fsp3) is 0.214. The van der Waals surface area contributed by atoms with Crippen molar-refractivity contribution in [1.82, 2.24) is 4.98 Å². The molecule has 2 nitrogen and oxygen atoms in total. The highest BCUT2D eigenvalue weighted by Crippen LogP contribution is 2.35. The number of aromatic nitrogens is 1. The van der Waals surface area contributed by atoms with E-state index in [9.17, 15) is 0 Å². The van der Waals surface area contributed by atoms with Gasteiger partial charge in [-0.05, 0) is 58.6 Å². The number of hydrogen-bond acceptors (Lipinski definition) is 2. The van der Waals surface area contributed by atoms with Gasteiger partial charge in [0.05, 0.1) is 11.7 Å². The summed E-state index contributed by atoms with van der Waals surface area (Å²) in [5.41, 5.74) is 3.66. The molecule has 1 N–H and O–H groups in total. The molecule has 1 aromatic heterocycles.